The van der Waals surface area contributed by atoms with Crippen molar-refractivity contribution in [2.24, 2.45) is 0 Å². The first-order valence-electron chi connectivity index (χ1n) is 7.08. The third kappa shape index (κ3) is 2.40. The lowest BCUT2D eigenvalue weighted by Crippen LogP contribution is -2.13. The maximum absolute atomic E-state index is 13.1. The Hall–Kier alpha value is -1.61. The van der Waals surface area contributed by atoms with E-state index in [1.165, 1.54) is 0 Å². The quantitative estimate of drug-likeness (QED) is 0.669. The van der Waals surface area contributed by atoms with Gasteiger partial charge in [0.25, 0.3) is 0 Å². The molecule has 5 heteroatoms. The highest BCUT2D eigenvalue weighted by atomic mass is 31.2. The minimum Gasteiger partial charge on any atom is -0.317 e. The van der Waals surface area contributed by atoms with E-state index < -0.39 is 7.60 Å². The fraction of sp³-hybridized carbons (Fsp3) is 0.250. The fourth-order valence-corrected chi connectivity index (χ4v) is 4.40. The van der Waals surface area contributed by atoms with Crippen LogP contribution in [0.25, 0.3) is 16.4 Å². The molecule has 0 saturated carbocycles. The van der Waals surface area contributed by atoms with Crippen molar-refractivity contribution in [1.82, 2.24) is 4.40 Å². The summed E-state index contributed by atoms with van der Waals surface area (Å²) < 4.78 is 26.2. The summed E-state index contributed by atoms with van der Waals surface area (Å²) in [7, 11) is -3.31. The lowest BCUT2D eigenvalue weighted by molar-refractivity contribution is 0.230. The number of benzene rings is 1. The number of para-hydroxylation sites is 1. The minimum atomic E-state index is -3.31. The van der Waals surface area contributed by atoms with Gasteiger partial charge in [0.1, 0.15) is 0 Å². The van der Waals surface area contributed by atoms with Crippen molar-refractivity contribution < 1.29 is 13.6 Å². The first-order valence-corrected chi connectivity index (χ1v) is 8.62. The van der Waals surface area contributed by atoms with Crippen LogP contribution in [0.1, 0.15) is 13.8 Å². The van der Waals surface area contributed by atoms with Gasteiger partial charge in [0.05, 0.1) is 24.0 Å². The molecular formula is C16H18NO3P. The molecule has 110 valence electrons. The summed E-state index contributed by atoms with van der Waals surface area (Å²) in [4.78, 5) is 0. The lowest BCUT2D eigenvalue weighted by Gasteiger charge is -2.19. The molecule has 0 aliphatic heterocycles. The molecule has 0 radical (unpaired) electrons. The fourth-order valence-electron chi connectivity index (χ4n) is 2.59. The van der Waals surface area contributed by atoms with E-state index in [1.54, 1.807) is 0 Å². The summed E-state index contributed by atoms with van der Waals surface area (Å²) in [5.41, 5.74) is 1.97. The summed E-state index contributed by atoms with van der Waals surface area (Å²) in [5.74, 6) is 0. The van der Waals surface area contributed by atoms with Gasteiger partial charge in [-0.3, -0.25) is 4.57 Å². The van der Waals surface area contributed by atoms with Crippen molar-refractivity contribution in [1.29, 1.82) is 0 Å². The van der Waals surface area contributed by atoms with Gasteiger partial charge in [-0.25, -0.2) is 0 Å². The molecule has 0 amide bonds. The number of rotatable bonds is 5. The standard InChI is InChI=1S/C16H18NO3P/c1-3-19-21(18,20-4-2)16-12-13-8-7-11-17(13)15-10-6-5-9-14(15)16/h5-12H,3-4H2,1-2H3. The second-order valence-corrected chi connectivity index (χ2v) is 6.68. The third-order valence-electron chi connectivity index (χ3n) is 3.40. The molecule has 0 atom stereocenters. The van der Waals surface area contributed by atoms with E-state index in [-0.39, 0.29) is 0 Å². The van der Waals surface area contributed by atoms with Gasteiger partial charge in [0.15, 0.2) is 0 Å². The monoisotopic (exact) mass is 303 g/mol. The van der Waals surface area contributed by atoms with Crippen LogP contribution in [0.15, 0.2) is 48.7 Å². The van der Waals surface area contributed by atoms with Gasteiger partial charge in [0, 0.05) is 17.1 Å². The molecule has 0 aliphatic carbocycles. The SMILES string of the molecule is CCOP(=O)(OCC)c1cc2cccn2c2ccccc12. The van der Waals surface area contributed by atoms with E-state index in [1.807, 2.05) is 62.5 Å². The summed E-state index contributed by atoms with van der Waals surface area (Å²) in [6.45, 7) is 4.34. The number of pyridine rings is 1. The zero-order valence-corrected chi connectivity index (χ0v) is 13.0. The van der Waals surface area contributed by atoms with Gasteiger partial charge in [-0.15, -0.1) is 0 Å². The average molecular weight is 303 g/mol. The molecule has 0 unspecified atom stereocenters. The average Bonchev–Trinajstić information content (AvgIpc) is 2.95. The van der Waals surface area contributed by atoms with Gasteiger partial charge in [-0.1, -0.05) is 18.2 Å². The normalized spacial score (nSPS) is 12.3. The molecule has 0 aliphatic rings. The predicted molar refractivity (Wildman–Crippen MR) is 85.4 cm³/mol. The Morgan fingerprint density at radius 1 is 1.05 bits per heavy atom. The van der Waals surface area contributed by atoms with Crippen LogP contribution in [0, 0.1) is 0 Å². The second-order valence-electron chi connectivity index (χ2n) is 4.68. The molecule has 2 heterocycles. The topological polar surface area (TPSA) is 39.9 Å². The van der Waals surface area contributed by atoms with E-state index in [2.05, 4.69) is 4.40 Å². The molecule has 0 fully saturated rings. The molecule has 3 rings (SSSR count). The van der Waals surface area contributed by atoms with Gasteiger partial charge in [-0.05, 0) is 38.1 Å². The highest BCUT2D eigenvalue weighted by Gasteiger charge is 2.29. The van der Waals surface area contributed by atoms with E-state index >= 15 is 0 Å². The molecule has 0 spiro atoms. The second kappa shape index (κ2) is 5.64. The van der Waals surface area contributed by atoms with E-state index in [0.717, 1.165) is 16.4 Å². The van der Waals surface area contributed by atoms with Gasteiger partial charge in [-0.2, -0.15) is 0 Å². The van der Waals surface area contributed by atoms with Gasteiger partial charge < -0.3 is 13.4 Å². The molecule has 21 heavy (non-hydrogen) atoms. The van der Waals surface area contributed by atoms with Crippen molar-refractivity contribution in [3.8, 4) is 0 Å². The molecule has 4 nitrogen and oxygen atoms in total. The molecule has 0 bridgehead atoms. The molecule has 0 saturated heterocycles. The van der Waals surface area contributed by atoms with E-state index in [4.69, 9.17) is 9.05 Å². The molecule has 2 aromatic heterocycles. The van der Waals surface area contributed by atoms with Crippen LogP contribution in [-0.2, 0) is 13.6 Å². The molecule has 3 aromatic rings. The Balaban J connectivity index is 2.35. The van der Waals surface area contributed by atoms with Crippen molar-refractivity contribution in [3.63, 3.8) is 0 Å². The van der Waals surface area contributed by atoms with Crippen LogP contribution >= 0.6 is 7.60 Å². The molecule has 0 N–H and O–H groups in total. The predicted octanol–water partition coefficient (Wildman–Crippen LogP) is 3.98. The van der Waals surface area contributed by atoms with E-state index in [0.29, 0.717) is 18.5 Å². The number of aromatic nitrogens is 1. The number of hydrogen-bond acceptors (Lipinski definition) is 3. The van der Waals surface area contributed by atoms with Crippen molar-refractivity contribution in [2.45, 2.75) is 13.8 Å². The Morgan fingerprint density at radius 3 is 2.48 bits per heavy atom. The smallest absolute Gasteiger partial charge is 0.317 e. The van der Waals surface area contributed by atoms with Crippen LogP contribution in [0.5, 0.6) is 0 Å². The van der Waals surface area contributed by atoms with Gasteiger partial charge >= 0.3 is 7.60 Å². The zero-order chi connectivity index (χ0) is 14.9. The van der Waals surface area contributed by atoms with Crippen molar-refractivity contribution >= 4 is 29.3 Å². The summed E-state index contributed by atoms with van der Waals surface area (Å²) in [6.07, 6.45) is 1.99. The summed E-state index contributed by atoms with van der Waals surface area (Å²) in [5, 5.41) is 1.53. The summed E-state index contributed by atoms with van der Waals surface area (Å²) >= 11 is 0. The van der Waals surface area contributed by atoms with E-state index in [9.17, 15) is 4.57 Å². The number of hydrogen-bond donors (Lipinski definition) is 0. The zero-order valence-electron chi connectivity index (χ0n) is 12.2. The Kier molecular flexibility index (Phi) is 3.85. The highest BCUT2D eigenvalue weighted by molar-refractivity contribution is 7.62. The summed E-state index contributed by atoms with van der Waals surface area (Å²) in [6, 6.07) is 13.7. The highest BCUT2D eigenvalue weighted by Crippen LogP contribution is 2.48. The Bertz CT molecular complexity index is 815. The van der Waals surface area contributed by atoms with Gasteiger partial charge in [0.2, 0.25) is 0 Å². The third-order valence-corrected chi connectivity index (χ3v) is 5.55. The minimum absolute atomic E-state index is 0.345. The Labute approximate surface area is 123 Å². The maximum Gasteiger partial charge on any atom is 0.362 e. The van der Waals surface area contributed by atoms with Crippen LogP contribution in [0.3, 0.4) is 0 Å². The van der Waals surface area contributed by atoms with Crippen LogP contribution in [0.4, 0.5) is 0 Å². The maximum atomic E-state index is 13.1. The van der Waals surface area contributed by atoms with Crippen molar-refractivity contribution in [2.75, 3.05) is 13.2 Å². The van der Waals surface area contributed by atoms with Crippen molar-refractivity contribution in [3.05, 3.63) is 48.7 Å². The first-order chi connectivity index (χ1) is 10.2. The lowest BCUT2D eigenvalue weighted by atomic mass is 10.2. The molecular weight excluding hydrogens is 285 g/mol. The number of fused-ring (bicyclic) bond motifs is 3. The van der Waals surface area contributed by atoms with Crippen LogP contribution < -0.4 is 5.30 Å². The first kappa shape index (κ1) is 14.3. The largest absolute Gasteiger partial charge is 0.362 e. The number of nitrogens with zero attached hydrogens (tertiary/aromatic N) is 1. The van der Waals surface area contributed by atoms with Crippen LogP contribution in [-0.4, -0.2) is 17.6 Å². The molecule has 1 aromatic carbocycles. The van der Waals surface area contributed by atoms with Crippen LogP contribution in [0.2, 0.25) is 0 Å². The Morgan fingerprint density at radius 2 is 1.76 bits per heavy atom.